The van der Waals surface area contributed by atoms with Crippen molar-refractivity contribution >= 4 is 6.21 Å². The van der Waals surface area contributed by atoms with Crippen molar-refractivity contribution in [3.8, 4) is 0 Å². The number of ether oxygens (including phenoxy) is 1. The molecule has 3 nitrogen and oxygen atoms in total. The normalized spacial score (nSPS) is 15.9. The number of allylic oxidation sites excluding steroid dienone is 1. The van der Waals surface area contributed by atoms with Crippen LogP contribution in [-0.4, -0.2) is 31.0 Å². The predicted molar refractivity (Wildman–Crippen MR) is 75.1 cm³/mol. The molecular weight excluding hydrogens is 212 g/mol. The molecule has 3 heteroatoms. The Morgan fingerprint density at radius 3 is 2.53 bits per heavy atom. The molecule has 0 saturated carbocycles. The van der Waals surface area contributed by atoms with E-state index in [1.165, 1.54) is 5.57 Å². The number of hydrogen-bond acceptors (Lipinski definition) is 3. The Morgan fingerprint density at radius 2 is 2.12 bits per heavy atom. The summed E-state index contributed by atoms with van der Waals surface area (Å²) in [5.74, 6) is 0. The topological polar surface area (TPSA) is 24.8 Å². The van der Waals surface area contributed by atoms with E-state index in [1.54, 1.807) is 24.5 Å². The third-order valence-electron chi connectivity index (χ3n) is 2.72. The summed E-state index contributed by atoms with van der Waals surface area (Å²) in [6.45, 7) is 10.0. The van der Waals surface area contributed by atoms with Gasteiger partial charge in [0.25, 0.3) is 0 Å². The lowest BCUT2D eigenvalue weighted by atomic mass is 9.99. The van der Waals surface area contributed by atoms with Gasteiger partial charge in [-0.05, 0) is 25.8 Å². The Morgan fingerprint density at radius 1 is 1.47 bits per heavy atom. The smallest absolute Gasteiger partial charge is 0.120 e. The molecule has 0 bridgehead atoms. The fourth-order valence-corrected chi connectivity index (χ4v) is 1.48. The molecule has 17 heavy (non-hydrogen) atoms. The molecule has 0 aromatic rings. The van der Waals surface area contributed by atoms with E-state index in [9.17, 15) is 0 Å². The maximum atomic E-state index is 5.52. The zero-order valence-electron chi connectivity index (χ0n) is 11.9. The zero-order chi connectivity index (χ0) is 13.3. The van der Waals surface area contributed by atoms with Crippen molar-refractivity contribution in [3.05, 3.63) is 24.4 Å². The molecule has 0 fully saturated rings. The van der Waals surface area contributed by atoms with Gasteiger partial charge in [0.1, 0.15) is 5.60 Å². The van der Waals surface area contributed by atoms with Gasteiger partial charge in [0.15, 0.2) is 0 Å². The van der Waals surface area contributed by atoms with E-state index in [4.69, 9.17) is 4.74 Å². The van der Waals surface area contributed by atoms with Gasteiger partial charge in [-0.3, -0.25) is 5.01 Å². The third kappa shape index (κ3) is 6.27. The average molecular weight is 238 g/mol. The summed E-state index contributed by atoms with van der Waals surface area (Å²) in [7, 11) is 3.55. The second kappa shape index (κ2) is 8.07. The molecular formula is C14H26N2O. The van der Waals surface area contributed by atoms with Crippen LogP contribution in [0.5, 0.6) is 0 Å². The average Bonchev–Trinajstić information content (AvgIpc) is 2.35. The first-order valence-corrected chi connectivity index (χ1v) is 6.17. The molecule has 0 aromatic heterocycles. The molecule has 0 saturated heterocycles. The van der Waals surface area contributed by atoms with E-state index in [0.717, 1.165) is 19.3 Å². The molecule has 0 rings (SSSR count). The van der Waals surface area contributed by atoms with Gasteiger partial charge >= 0.3 is 0 Å². The van der Waals surface area contributed by atoms with Crippen molar-refractivity contribution in [1.29, 1.82) is 0 Å². The molecule has 0 heterocycles. The Hall–Kier alpha value is -1.09. The number of hydrogen-bond donors (Lipinski definition) is 0. The first-order chi connectivity index (χ1) is 8.01. The van der Waals surface area contributed by atoms with Crippen molar-refractivity contribution in [2.45, 2.75) is 45.6 Å². The molecule has 0 spiro atoms. The Balaban J connectivity index is 4.87. The molecule has 98 valence electrons. The number of methoxy groups -OCH3 is 1. The molecule has 0 aliphatic rings. The van der Waals surface area contributed by atoms with E-state index >= 15 is 0 Å². The van der Waals surface area contributed by atoms with Gasteiger partial charge in [-0.1, -0.05) is 32.4 Å². The second-order valence-electron chi connectivity index (χ2n) is 4.29. The number of rotatable bonds is 8. The van der Waals surface area contributed by atoms with Gasteiger partial charge in [0, 0.05) is 20.4 Å². The summed E-state index contributed by atoms with van der Waals surface area (Å²) in [4.78, 5) is 0. The minimum absolute atomic E-state index is 0.447. The van der Waals surface area contributed by atoms with Gasteiger partial charge in [-0.15, -0.1) is 0 Å². The molecule has 0 amide bonds. The van der Waals surface area contributed by atoms with Gasteiger partial charge in [-0.25, -0.2) is 0 Å². The summed E-state index contributed by atoms with van der Waals surface area (Å²) in [6, 6.07) is 0. The molecule has 0 aliphatic heterocycles. The van der Waals surface area contributed by atoms with Crippen molar-refractivity contribution in [3.63, 3.8) is 0 Å². The van der Waals surface area contributed by atoms with Crippen LogP contribution in [0.1, 0.15) is 40.0 Å². The minimum Gasteiger partial charge on any atom is -0.369 e. The van der Waals surface area contributed by atoms with Crippen molar-refractivity contribution in [2.24, 2.45) is 5.10 Å². The summed E-state index contributed by atoms with van der Waals surface area (Å²) in [5, 5.41) is 5.92. The lowest BCUT2D eigenvalue weighted by Gasteiger charge is -2.22. The number of nitrogens with zero attached hydrogens (tertiary/aromatic N) is 2. The fraction of sp³-hybridized carbons (Fsp3) is 0.643. The van der Waals surface area contributed by atoms with Crippen LogP contribution in [0.3, 0.4) is 0 Å². The van der Waals surface area contributed by atoms with E-state index in [2.05, 4.69) is 31.6 Å². The third-order valence-corrected chi connectivity index (χ3v) is 2.72. The molecule has 0 N–H and O–H groups in total. The van der Waals surface area contributed by atoms with Crippen molar-refractivity contribution in [1.82, 2.24) is 5.01 Å². The van der Waals surface area contributed by atoms with Gasteiger partial charge in [0.05, 0.1) is 6.21 Å². The van der Waals surface area contributed by atoms with E-state index in [0.29, 0.717) is 0 Å². The summed E-state index contributed by atoms with van der Waals surface area (Å²) < 4.78 is 5.52. The first-order valence-electron chi connectivity index (χ1n) is 6.17. The van der Waals surface area contributed by atoms with E-state index in [-0.39, 0.29) is 0 Å². The zero-order valence-corrected chi connectivity index (χ0v) is 11.9. The van der Waals surface area contributed by atoms with Crippen molar-refractivity contribution in [2.75, 3.05) is 14.2 Å². The van der Waals surface area contributed by atoms with Crippen LogP contribution < -0.4 is 0 Å². The van der Waals surface area contributed by atoms with Crippen LogP contribution in [0.25, 0.3) is 0 Å². The lowest BCUT2D eigenvalue weighted by Crippen LogP contribution is -2.28. The maximum Gasteiger partial charge on any atom is 0.120 e. The molecule has 0 aliphatic carbocycles. The van der Waals surface area contributed by atoms with Crippen LogP contribution in [0.4, 0.5) is 0 Å². The highest BCUT2D eigenvalue weighted by Gasteiger charge is 2.18. The van der Waals surface area contributed by atoms with Crippen LogP contribution >= 0.6 is 0 Å². The van der Waals surface area contributed by atoms with Crippen LogP contribution in [0, 0.1) is 0 Å². The van der Waals surface area contributed by atoms with Crippen LogP contribution in [0.2, 0.25) is 0 Å². The van der Waals surface area contributed by atoms with Gasteiger partial charge < -0.3 is 4.74 Å². The quantitative estimate of drug-likeness (QED) is 0.367. The first kappa shape index (κ1) is 15.9. The standard InChI is InChI=1S/C14H26N2O/c1-7-10-13(8-2)11-14(4,17-6)12-15-16(5)9-3/h9,11-12H,3,7-8,10H2,1-2,4-6H3/b13-11+,15-12-. The SMILES string of the molecule is C=CN(C)/N=C\C(C)(/C=C(\CC)CCC)OC. The van der Waals surface area contributed by atoms with Gasteiger partial charge in [0.2, 0.25) is 0 Å². The fourth-order valence-electron chi connectivity index (χ4n) is 1.48. The Labute approximate surface area is 106 Å². The summed E-state index contributed by atoms with van der Waals surface area (Å²) in [5.41, 5.74) is 0.960. The highest BCUT2D eigenvalue weighted by molar-refractivity contribution is 5.71. The molecule has 0 radical (unpaired) electrons. The lowest BCUT2D eigenvalue weighted by molar-refractivity contribution is 0.109. The number of hydrazone groups is 1. The Kier molecular flexibility index (Phi) is 7.55. The van der Waals surface area contributed by atoms with E-state index < -0.39 is 5.60 Å². The molecule has 1 atom stereocenters. The van der Waals surface area contributed by atoms with E-state index in [1.807, 2.05) is 14.0 Å². The summed E-state index contributed by atoms with van der Waals surface area (Å²) >= 11 is 0. The maximum absolute atomic E-state index is 5.52. The van der Waals surface area contributed by atoms with Crippen LogP contribution in [-0.2, 0) is 4.74 Å². The Bertz CT molecular complexity index is 284. The van der Waals surface area contributed by atoms with Gasteiger partial charge in [-0.2, -0.15) is 5.10 Å². The monoisotopic (exact) mass is 238 g/mol. The minimum atomic E-state index is -0.447. The van der Waals surface area contributed by atoms with Crippen LogP contribution in [0.15, 0.2) is 29.5 Å². The largest absolute Gasteiger partial charge is 0.369 e. The second-order valence-corrected chi connectivity index (χ2v) is 4.29. The van der Waals surface area contributed by atoms with Crippen molar-refractivity contribution < 1.29 is 4.74 Å². The molecule has 0 aromatic carbocycles. The predicted octanol–water partition coefficient (Wildman–Crippen LogP) is 3.59. The molecule has 1 unspecified atom stereocenters. The summed E-state index contributed by atoms with van der Waals surface area (Å²) in [6.07, 6.45) is 8.95. The highest BCUT2D eigenvalue weighted by Crippen LogP contribution is 2.17. The highest BCUT2D eigenvalue weighted by atomic mass is 16.5.